The molecular weight excluding hydrogens is 516 g/mol. The fourth-order valence-corrected chi connectivity index (χ4v) is 5.06. The van der Waals surface area contributed by atoms with Crippen LogP contribution < -0.4 is 19.3 Å². The summed E-state index contributed by atoms with van der Waals surface area (Å²) in [5.41, 5.74) is 2.43. The van der Waals surface area contributed by atoms with Crippen LogP contribution >= 0.6 is 11.6 Å². The molecule has 0 radical (unpaired) electrons. The summed E-state index contributed by atoms with van der Waals surface area (Å²) in [4.78, 5) is 30.6. The number of Topliss-reactive ketones (excluding diaryl/α,β-unsaturated/α-hetero) is 1. The first kappa shape index (κ1) is 28.0. The lowest BCUT2D eigenvalue weighted by atomic mass is 9.94. The Labute approximate surface area is 234 Å². The molecule has 1 atom stereocenters. The zero-order valence-electron chi connectivity index (χ0n) is 22.6. The summed E-state index contributed by atoms with van der Waals surface area (Å²) < 4.78 is 11.4. The molecule has 1 saturated heterocycles. The van der Waals surface area contributed by atoms with Crippen LogP contribution in [-0.4, -0.2) is 43.1 Å². The van der Waals surface area contributed by atoms with Crippen molar-refractivity contribution in [2.45, 2.75) is 33.7 Å². The number of benzene rings is 3. The third kappa shape index (κ3) is 5.59. The molecule has 0 bridgehead atoms. The summed E-state index contributed by atoms with van der Waals surface area (Å²) in [6, 6.07) is 18.6. The normalized spacial score (nSPS) is 16.4. The average molecular weight is 549 g/mol. The number of carbonyl (C=O) groups is 2. The topological polar surface area (TPSA) is 79.3 Å². The van der Waals surface area contributed by atoms with E-state index in [4.69, 9.17) is 21.1 Å². The molecule has 1 heterocycles. The minimum Gasteiger partial charge on any atom is -0.507 e. The van der Waals surface area contributed by atoms with Crippen molar-refractivity contribution in [2.75, 3.05) is 36.1 Å². The minimum absolute atomic E-state index is 0.0272. The number of aliphatic hydroxyl groups excluding tert-OH is 1. The van der Waals surface area contributed by atoms with Gasteiger partial charge in [0.1, 0.15) is 17.3 Å². The Morgan fingerprint density at radius 1 is 0.923 bits per heavy atom. The van der Waals surface area contributed by atoms with Gasteiger partial charge in [0, 0.05) is 35.6 Å². The second-order valence-corrected chi connectivity index (χ2v) is 9.37. The summed E-state index contributed by atoms with van der Waals surface area (Å²) in [6.07, 6.45) is 0. The van der Waals surface area contributed by atoms with Crippen molar-refractivity contribution in [1.29, 1.82) is 0 Å². The summed E-state index contributed by atoms with van der Waals surface area (Å²) in [6.45, 7) is 10.3. The number of ketones is 1. The molecule has 8 heteroatoms. The molecular formula is C31H33ClN2O5. The van der Waals surface area contributed by atoms with Crippen LogP contribution in [-0.2, 0) is 9.59 Å². The summed E-state index contributed by atoms with van der Waals surface area (Å²) in [5.74, 6) is -0.935. The molecule has 7 nitrogen and oxygen atoms in total. The fourth-order valence-electron chi connectivity index (χ4n) is 4.87. The smallest absolute Gasteiger partial charge is 0.300 e. The van der Waals surface area contributed by atoms with Gasteiger partial charge in [0.15, 0.2) is 0 Å². The first-order chi connectivity index (χ1) is 18.8. The van der Waals surface area contributed by atoms with Crippen molar-refractivity contribution < 1.29 is 24.2 Å². The van der Waals surface area contributed by atoms with Gasteiger partial charge in [-0.1, -0.05) is 29.8 Å². The highest BCUT2D eigenvalue weighted by Gasteiger charge is 2.47. The van der Waals surface area contributed by atoms with Gasteiger partial charge in [-0.05, 0) is 75.7 Å². The van der Waals surface area contributed by atoms with E-state index in [1.807, 2.05) is 38.1 Å². The molecule has 3 aromatic carbocycles. The molecule has 0 aliphatic carbocycles. The summed E-state index contributed by atoms with van der Waals surface area (Å²) in [7, 11) is 0. The van der Waals surface area contributed by atoms with Crippen molar-refractivity contribution in [1.82, 2.24) is 0 Å². The van der Waals surface area contributed by atoms with Gasteiger partial charge in [-0.3, -0.25) is 14.5 Å². The summed E-state index contributed by atoms with van der Waals surface area (Å²) in [5, 5.41) is 12.1. The van der Waals surface area contributed by atoms with Crippen molar-refractivity contribution in [3.05, 3.63) is 88.5 Å². The number of ether oxygens (including phenoxy) is 2. The van der Waals surface area contributed by atoms with E-state index in [-0.39, 0.29) is 11.3 Å². The number of halogens is 1. The van der Waals surface area contributed by atoms with Crippen LogP contribution in [0.15, 0.2) is 72.3 Å². The largest absolute Gasteiger partial charge is 0.507 e. The molecule has 0 aromatic heterocycles. The van der Waals surface area contributed by atoms with E-state index in [1.165, 1.54) is 4.90 Å². The molecule has 1 N–H and O–H groups in total. The van der Waals surface area contributed by atoms with Crippen LogP contribution in [0.5, 0.6) is 11.5 Å². The highest BCUT2D eigenvalue weighted by Crippen LogP contribution is 2.44. The Hall–Kier alpha value is -3.97. The summed E-state index contributed by atoms with van der Waals surface area (Å²) >= 11 is 6.26. The van der Waals surface area contributed by atoms with Gasteiger partial charge in [-0.25, -0.2) is 0 Å². The second-order valence-electron chi connectivity index (χ2n) is 8.94. The predicted molar refractivity (Wildman–Crippen MR) is 155 cm³/mol. The van der Waals surface area contributed by atoms with Crippen LogP contribution in [0.3, 0.4) is 0 Å². The van der Waals surface area contributed by atoms with Gasteiger partial charge in [0.2, 0.25) is 0 Å². The SMILES string of the molecule is CCOc1ccc(/C(O)=C2/C(=O)C(=O)N(c3cccc(Cl)c3)C2c2ccc(N(CC)CC)cc2)c(OCC)c1. The number of aliphatic hydroxyl groups is 1. The number of rotatable bonds is 10. The van der Waals surface area contributed by atoms with Crippen LogP contribution in [0.4, 0.5) is 11.4 Å². The standard InChI is InChI=1S/C31H33ClN2O5/c1-5-33(6-2)22-14-12-20(13-15-22)28-27(30(36)31(37)34(28)23-11-9-10-21(32)18-23)29(35)25-17-16-24(38-7-3)19-26(25)39-8-4/h9-19,28,35H,5-8H2,1-4H3/b29-27-. The highest BCUT2D eigenvalue weighted by atomic mass is 35.5. The molecule has 0 spiro atoms. The van der Waals surface area contributed by atoms with Crippen molar-refractivity contribution in [3.8, 4) is 11.5 Å². The first-order valence-corrected chi connectivity index (χ1v) is 13.5. The maximum atomic E-state index is 13.6. The predicted octanol–water partition coefficient (Wildman–Crippen LogP) is 6.61. The maximum Gasteiger partial charge on any atom is 0.300 e. The molecule has 204 valence electrons. The maximum absolute atomic E-state index is 13.6. The number of hydrogen-bond acceptors (Lipinski definition) is 6. The number of amides is 1. The number of hydrogen-bond donors (Lipinski definition) is 1. The molecule has 3 aromatic rings. The van der Waals surface area contributed by atoms with Gasteiger partial charge in [0.05, 0.1) is 30.4 Å². The van der Waals surface area contributed by atoms with E-state index in [0.717, 1.165) is 18.8 Å². The Balaban J connectivity index is 1.92. The lowest BCUT2D eigenvalue weighted by molar-refractivity contribution is -0.132. The van der Waals surface area contributed by atoms with Crippen molar-refractivity contribution >= 4 is 40.4 Å². The van der Waals surface area contributed by atoms with Crippen molar-refractivity contribution in [3.63, 3.8) is 0 Å². The van der Waals surface area contributed by atoms with Gasteiger partial charge >= 0.3 is 0 Å². The Morgan fingerprint density at radius 2 is 1.62 bits per heavy atom. The first-order valence-electron chi connectivity index (χ1n) is 13.2. The molecule has 1 amide bonds. The molecule has 1 fully saturated rings. The van der Waals surface area contributed by atoms with E-state index >= 15 is 0 Å². The molecule has 1 unspecified atom stereocenters. The Bertz CT molecular complexity index is 1380. The third-order valence-electron chi connectivity index (χ3n) is 6.69. The molecule has 4 rings (SSSR count). The molecule has 0 saturated carbocycles. The van der Waals surface area contributed by atoms with Crippen molar-refractivity contribution in [2.24, 2.45) is 0 Å². The minimum atomic E-state index is -0.879. The molecule has 1 aliphatic heterocycles. The van der Waals surface area contributed by atoms with E-state index in [0.29, 0.717) is 46.5 Å². The molecule has 1 aliphatic rings. The third-order valence-corrected chi connectivity index (χ3v) is 6.92. The highest BCUT2D eigenvalue weighted by molar-refractivity contribution is 6.51. The lowest BCUT2D eigenvalue weighted by Crippen LogP contribution is -2.29. The number of carbonyl (C=O) groups excluding carboxylic acids is 2. The van der Waals surface area contributed by atoms with E-state index in [1.54, 1.807) is 42.5 Å². The Kier molecular flexibility index (Phi) is 8.82. The zero-order chi connectivity index (χ0) is 28.1. The quantitative estimate of drug-likeness (QED) is 0.174. The van der Waals surface area contributed by atoms with E-state index in [2.05, 4.69) is 18.7 Å². The number of anilines is 2. The van der Waals surface area contributed by atoms with Gasteiger partial charge < -0.3 is 19.5 Å². The van der Waals surface area contributed by atoms with Crippen LogP contribution in [0.25, 0.3) is 5.76 Å². The van der Waals surface area contributed by atoms with Crippen LogP contribution in [0.1, 0.15) is 44.9 Å². The second kappa shape index (κ2) is 12.3. The lowest BCUT2D eigenvalue weighted by Gasteiger charge is -2.27. The van der Waals surface area contributed by atoms with Crippen LogP contribution in [0, 0.1) is 0 Å². The van der Waals surface area contributed by atoms with Gasteiger partial charge in [-0.15, -0.1) is 0 Å². The fraction of sp³-hybridized carbons (Fsp3) is 0.290. The Morgan fingerprint density at radius 3 is 2.23 bits per heavy atom. The van der Waals surface area contributed by atoms with Gasteiger partial charge in [-0.2, -0.15) is 0 Å². The van der Waals surface area contributed by atoms with Crippen LogP contribution in [0.2, 0.25) is 5.02 Å². The van der Waals surface area contributed by atoms with E-state index in [9.17, 15) is 14.7 Å². The number of nitrogens with zero attached hydrogens (tertiary/aromatic N) is 2. The van der Waals surface area contributed by atoms with E-state index < -0.39 is 17.7 Å². The van der Waals surface area contributed by atoms with Gasteiger partial charge in [0.25, 0.3) is 11.7 Å². The molecule has 39 heavy (non-hydrogen) atoms. The average Bonchev–Trinajstić information content (AvgIpc) is 3.20. The zero-order valence-corrected chi connectivity index (χ0v) is 23.4. The monoisotopic (exact) mass is 548 g/mol.